The fourth-order valence-corrected chi connectivity index (χ4v) is 3.01. The van der Waals surface area contributed by atoms with Gasteiger partial charge < -0.3 is 18.6 Å². The lowest BCUT2D eigenvalue weighted by Gasteiger charge is -2.06. The number of benzene rings is 2. The maximum atomic E-state index is 5.73. The van der Waals surface area contributed by atoms with Crippen molar-refractivity contribution in [3.05, 3.63) is 48.5 Å². The summed E-state index contributed by atoms with van der Waals surface area (Å²) >= 11 is 1.53. The zero-order valence-corrected chi connectivity index (χ0v) is 14.2. The number of nitrogens with zero attached hydrogens (tertiary/aromatic N) is 2. The molecule has 1 aliphatic rings. The third kappa shape index (κ3) is 3.88. The van der Waals surface area contributed by atoms with Crippen LogP contribution in [0.3, 0.4) is 0 Å². The summed E-state index contributed by atoms with van der Waals surface area (Å²) in [7, 11) is 0. The molecule has 0 N–H and O–H groups in total. The first-order chi connectivity index (χ1) is 12.4. The van der Waals surface area contributed by atoms with E-state index in [4.69, 9.17) is 18.6 Å². The van der Waals surface area contributed by atoms with Crippen LogP contribution in [0.15, 0.2) is 58.2 Å². The topological polar surface area (TPSA) is 66.6 Å². The Bertz CT molecular complexity index is 838. The van der Waals surface area contributed by atoms with Gasteiger partial charge in [-0.15, -0.1) is 10.2 Å². The second-order valence-corrected chi connectivity index (χ2v) is 6.35. The number of ether oxygens (including phenoxy) is 3. The van der Waals surface area contributed by atoms with Crippen molar-refractivity contribution in [3.8, 4) is 28.7 Å². The quantitative estimate of drug-likeness (QED) is 0.468. The van der Waals surface area contributed by atoms with Crippen molar-refractivity contribution in [2.24, 2.45) is 0 Å². The lowest BCUT2D eigenvalue weighted by Crippen LogP contribution is -1.98. The number of rotatable bonds is 7. The van der Waals surface area contributed by atoms with Crippen molar-refractivity contribution in [2.75, 3.05) is 19.2 Å². The van der Waals surface area contributed by atoms with Gasteiger partial charge in [0.1, 0.15) is 5.75 Å². The third-order valence-corrected chi connectivity index (χ3v) is 4.46. The summed E-state index contributed by atoms with van der Waals surface area (Å²) in [6, 6.07) is 15.3. The van der Waals surface area contributed by atoms with Gasteiger partial charge in [0.05, 0.1) is 6.61 Å². The molecule has 0 aliphatic carbocycles. The van der Waals surface area contributed by atoms with Crippen molar-refractivity contribution < 1.29 is 18.6 Å². The van der Waals surface area contributed by atoms with Gasteiger partial charge in [0, 0.05) is 17.4 Å². The molecule has 2 aromatic carbocycles. The van der Waals surface area contributed by atoms with E-state index in [-0.39, 0.29) is 6.79 Å². The van der Waals surface area contributed by atoms with Crippen molar-refractivity contribution in [2.45, 2.75) is 11.6 Å². The fourth-order valence-electron chi connectivity index (χ4n) is 2.34. The second kappa shape index (κ2) is 7.48. The molecule has 0 atom stereocenters. The van der Waals surface area contributed by atoms with Gasteiger partial charge >= 0.3 is 0 Å². The van der Waals surface area contributed by atoms with E-state index < -0.39 is 0 Å². The minimum Gasteiger partial charge on any atom is -0.493 e. The van der Waals surface area contributed by atoms with Crippen LogP contribution in [0.1, 0.15) is 6.42 Å². The summed E-state index contributed by atoms with van der Waals surface area (Å²) in [5.41, 5.74) is 0.924. The van der Waals surface area contributed by atoms with Gasteiger partial charge in [-0.2, -0.15) is 0 Å². The Morgan fingerprint density at radius 1 is 1.00 bits per heavy atom. The minimum absolute atomic E-state index is 0.268. The number of fused-ring (bicyclic) bond motifs is 1. The first-order valence-corrected chi connectivity index (χ1v) is 8.91. The second-order valence-electron chi connectivity index (χ2n) is 5.30. The molecule has 6 nitrogen and oxygen atoms in total. The van der Waals surface area contributed by atoms with Crippen LogP contribution in [0.5, 0.6) is 17.2 Å². The molecule has 0 radical (unpaired) electrons. The Kier molecular flexibility index (Phi) is 4.74. The van der Waals surface area contributed by atoms with Crippen LogP contribution in [0.2, 0.25) is 0 Å². The SMILES string of the molecule is c1ccc(-c2nnc(SCCCOc3ccc4c(c3)OCO4)o2)cc1. The highest BCUT2D eigenvalue weighted by atomic mass is 32.2. The summed E-state index contributed by atoms with van der Waals surface area (Å²) in [6.45, 7) is 0.872. The fraction of sp³-hybridized carbons (Fsp3) is 0.222. The average Bonchev–Trinajstić information content (AvgIpc) is 3.31. The lowest BCUT2D eigenvalue weighted by atomic mass is 10.2. The average molecular weight is 356 g/mol. The highest BCUT2D eigenvalue weighted by Crippen LogP contribution is 2.35. The third-order valence-electron chi connectivity index (χ3n) is 3.55. The highest BCUT2D eigenvalue weighted by Gasteiger charge is 2.13. The largest absolute Gasteiger partial charge is 0.493 e. The molecule has 25 heavy (non-hydrogen) atoms. The van der Waals surface area contributed by atoms with E-state index in [0.29, 0.717) is 17.7 Å². The summed E-state index contributed by atoms with van der Waals surface area (Å²) in [5.74, 6) is 3.64. The van der Waals surface area contributed by atoms with Gasteiger partial charge in [-0.3, -0.25) is 0 Å². The van der Waals surface area contributed by atoms with Gasteiger partial charge in [0.25, 0.3) is 5.22 Å². The Labute approximate surface area is 149 Å². The van der Waals surface area contributed by atoms with E-state index in [1.54, 1.807) is 0 Å². The molecule has 0 unspecified atom stereocenters. The van der Waals surface area contributed by atoms with E-state index in [0.717, 1.165) is 35.0 Å². The van der Waals surface area contributed by atoms with Crippen LogP contribution in [-0.2, 0) is 0 Å². The Morgan fingerprint density at radius 3 is 2.80 bits per heavy atom. The van der Waals surface area contributed by atoms with Crippen LogP contribution in [0.25, 0.3) is 11.5 Å². The molecule has 0 fully saturated rings. The molecule has 0 amide bonds. The summed E-state index contributed by atoms with van der Waals surface area (Å²) < 4.78 is 22.0. The summed E-state index contributed by atoms with van der Waals surface area (Å²) in [5, 5.41) is 8.71. The van der Waals surface area contributed by atoms with Gasteiger partial charge in [0.15, 0.2) is 11.5 Å². The number of thioether (sulfide) groups is 1. The van der Waals surface area contributed by atoms with Crippen LogP contribution in [0.4, 0.5) is 0 Å². The minimum atomic E-state index is 0.268. The Morgan fingerprint density at radius 2 is 1.88 bits per heavy atom. The van der Waals surface area contributed by atoms with E-state index in [9.17, 15) is 0 Å². The van der Waals surface area contributed by atoms with Gasteiger partial charge in [0.2, 0.25) is 12.7 Å². The molecule has 1 aliphatic heterocycles. The molecule has 1 aromatic heterocycles. The molecule has 7 heteroatoms. The maximum Gasteiger partial charge on any atom is 0.276 e. The zero-order chi connectivity index (χ0) is 16.9. The summed E-state index contributed by atoms with van der Waals surface area (Å²) in [4.78, 5) is 0. The van der Waals surface area contributed by atoms with Crippen molar-refractivity contribution in [1.29, 1.82) is 0 Å². The van der Waals surface area contributed by atoms with Crippen molar-refractivity contribution in [3.63, 3.8) is 0 Å². The van der Waals surface area contributed by atoms with Crippen LogP contribution in [-0.4, -0.2) is 29.4 Å². The van der Waals surface area contributed by atoms with Crippen molar-refractivity contribution in [1.82, 2.24) is 10.2 Å². The predicted octanol–water partition coefficient (Wildman–Crippen LogP) is 4.03. The van der Waals surface area contributed by atoms with E-state index in [1.165, 1.54) is 11.8 Å². The van der Waals surface area contributed by atoms with Crippen LogP contribution in [0, 0.1) is 0 Å². The van der Waals surface area contributed by atoms with Gasteiger partial charge in [-0.1, -0.05) is 30.0 Å². The molecular weight excluding hydrogens is 340 g/mol. The van der Waals surface area contributed by atoms with Gasteiger partial charge in [-0.05, 0) is 30.7 Å². The predicted molar refractivity (Wildman–Crippen MR) is 93.1 cm³/mol. The van der Waals surface area contributed by atoms with Gasteiger partial charge in [-0.25, -0.2) is 0 Å². The molecule has 3 aromatic rings. The van der Waals surface area contributed by atoms with Crippen LogP contribution >= 0.6 is 11.8 Å². The maximum absolute atomic E-state index is 5.73. The Hall–Kier alpha value is -2.67. The summed E-state index contributed by atoms with van der Waals surface area (Å²) in [6.07, 6.45) is 0.863. The smallest absolute Gasteiger partial charge is 0.276 e. The molecule has 2 heterocycles. The molecule has 0 saturated carbocycles. The Balaban J connectivity index is 1.22. The molecule has 128 valence electrons. The monoisotopic (exact) mass is 356 g/mol. The first-order valence-electron chi connectivity index (χ1n) is 7.93. The van der Waals surface area contributed by atoms with Crippen LogP contribution < -0.4 is 14.2 Å². The number of hydrogen-bond acceptors (Lipinski definition) is 7. The normalized spacial score (nSPS) is 12.3. The molecular formula is C18H16N2O4S. The van der Waals surface area contributed by atoms with E-state index >= 15 is 0 Å². The molecule has 0 spiro atoms. The molecule has 4 rings (SSSR count). The molecule has 0 bridgehead atoms. The highest BCUT2D eigenvalue weighted by molar-refractivity contribution is 7.99. The molecule has 0 saturated heterocycles. The standard InChI is InChI=1S/C18H16N2O4S/c1-2-5-13(6-3-1)17-19-20-18(24-17)25-10-4-9-21-14-7-8-15-16(11-14)23-12-22-15/h1-3,5-8,11H,4,9-10,12H2. The van der Waals surface area contributed by atoms with E-state index in [1.807, 2.05) is 48.5 Å². The number of aromatic nitrogens is 2. The first kappa shape index (κ1) is 15.8. The van der Waals surface area contributed by atoms with Crippen molar-refractivity contribution >= 4 is 11.8 Å². The zero-order valence-electron chi connectivity index (χ0n) is 13.4. The number of hydrogen-bond donors (Lipinski definition) is 0. The lowest BCUT2D eigenvalue weighted by molar-refractivity contribution is 0.173. The van der Waals surface area contributed by atoms with E-state index in [2.05, 4.69) is 10.2 Å².